The van der Waals surface area contributed by atoms with Gasteiger partial charge < -0.3 is 5.32 Å². The molecule has 1 N–H and O–H groups in total. The van der Waals surface area contributed by atoms with E-state index in [-0.39, 0.29) is 0 Å². The van der Waals surface area contributed by atoms with E-state index < -0.39 is 0 Å². The average Bonchev–Trinajstić information content (AvgIpc) is 2.82. The van der Waals surface area contributed by atoms with Gasteiger partial charge in [0.2, 0.25) is 0 Å². The summed E-state index contributed by atoms with van der Waals surface area (Å²) in [6.45, 7) is 9.61. The fourth-order valence-electron chi connectivity index (χ4n) is 3.61. The van der Waals surface area contributed by atoms with Crippen LogP contribution < -0.4 is 5.32 Å². The van der Waals surface area contributed by atoms with E-state index >= 15 is 0 Å². The molecule has 1 aromatic heterocycles. The maximum atomic E-state index is 6.58. The molecule has 0 radical (unpaired) electrons. The Kier molecular flexibility index (Phi) is 6.56. The third-order valence-electron chi connectivity index (χ3n) is 4.87. The average molecular weight is 312 g/mol. The number of rotatable bonds is 7. The van der Waals surface area contributed by atoms with Gasteiger partial charge in [-0.3, -0.25) is 4.68 Å². The Hall–Kier alpha value is -0.540. The van der Waals surface area contributed by atoms with Gasteiger partial charge >= 0.3 is 0 Å². The van der Waals surface area contributed by atoms with Crippen LogP contribution in [0.25, 0.3) is 0 Å². The van der Waals surface area contributed by atoms with Crippen molar-refractivity contribution in [2.45, 2.75) is 65.8 Å². The summed E-state index contributed by atoms with van der Waals surface area (Å²) in [6, 6.07) is 0. The number of aromatic nitrogens is 2. The van der Waals surface area contributed by atoms with E-state index in [0.29, 0.717) is 0 Å². The first kappa shape index (κ1) is 16.8. The van der Waals surface area contributed by atoms with Gasteiger partial charge in [-0.1, -0.05) is 38.3 Å². The van der Waals surface area contributed by atoms with E-state index in [0.717, 1.165) is 55.0 Å². The fourth-order valence-corrected chi connectivity index (χ4v) is 3.96. The second-order valence-electron chi connectivity index (χ2n) is 6.19. The van der Waals surface area contributed by atoms with Crippen LogP contribution in [0, 0.1) is 11.8 Å². The molecule has 1 aromatic rings. The molecule has 1 heterocycles. The van der Waals surface area contributed by atoms with Crippen LogP contribution in [0.2, 0.25) is 5.02 Å². The molecule has 1 fully saturated rings. The van der Waals surface area contributed by atoms with Gasteiger partial charge in [0.05, 0.1) is 16.4 Å². The number of halogens is 1. The van der Waals surface area contributed by atoms with Crippen LogP contribution in [0.4, 0.5) is 0 Å². The summed E-state index contributed by atoms with van der Waals surface area (Å²) in [5, 5.41) is 9.13. The van der Waals surface area contributed by atoms with Crippen molar-refractivity contribution in [3.63, 3.8) is 0 Å². The SMILES string of the molecule is CCNCC1CCCCC1Cc1c(Cl)c(CC)nn1CC. The van der Waals surface area contributed by atoms with Crippen LogP contribution >= 0.6 is 11.6 Å². The molecule has 0 aromatic carbocycles. The highest BCUT2D eigenvalue weighted by Crippen LogP contribution is 2.34. The third kappa shape index (κ3) is 4.01. The predicted molar refractivity (Wildman–Crippen MR) is 90.0 cm³/mol. The minimum atomic E-state index is 0.752. The predicted octanol–water partition coefficient (Wildman–Crippen LogP) is 4.08. The van der Waals surface area contributed by atoms with Gasteiger partial charge in [0.15, 0.2) is 0 Å². The molecule has 1 saturated carbocycles. The van der Waals surface area contributed by atoms with Gasteiger partial charge in [-0.25, -0.2) is 0 Å². The molecule has 21 heavy (non-hydrogen) atoms. The summed E-state index contributed by atoms with van der Waals surface area (Å²) in [4.78, 5) is 0. The van der Waals surface area contributed by atoms with Crippen molar-refractivity contribution < 1.29 is 0 Å². The lowest BCUT2D eigenvalue weighted by molar-refractivity contribution is 0.226. The molecule has 0 spiro atoms. The third-order valence-corrected chi connectivity index (χ3v) is 5.31. The summed E-state index contributed by atoms with van der Waals surface area (Å²) in [7, 11) is 0. The zero-order valence-electron chi connectivity index (χ0n) is 13.8. The molecular formula is C17H30ClN3. The molecule has 2 atom stereocenters. The summed E-state index contributed by atoms with van der Waals surface area (Å²) in [5.74, 6) is 1.54. The Labute approximate surface area is 134 Å². The van der Waals surface area contributed by atoms with Gasteiger partial charge in [-0.2, -0.15) is 5.10 Å². The summed E-state index contributed by atoms with van der Waals surface area (Å²) in [6.07, 6.45) is 7.46. The Morgan fingerprint density at radius 2 is 1.90 bits per heavy atom. The van der Waals surface area contributed by atoms with Crippen LogP contribution in [0.1, 0.15) is 57.8 Å². The highest BCUT2D eigenvalue weighted by Gasteiger charge is 2.27. The van der Waals surface area contributed by atoms with Crippen LogP contribution in [0.15, 0.2) is 0 Å². The van der Waals surface area contributed by atoms with Crippen LogP contribution in [-0.2, 0) is 19.4 Å². The Balaban J connectivity index is 2.12. The van der Waals surface area contributed by atoms with E-state index in [9.17, 15) is 0 Å². The molecular weight excluding hydrogens is 282 g/mol. The summed E-state index contributed by atoms with van der Waals surface area (Å²) >= 11 is 6.58. The number of nitrogens with zero attached hydrogens (tertiary/aromatic N) is 2. The van der Waals surface area contributed by atoms with Crippen LogP contribution in [0.3, 0.4) is 0 Å². The van der Waals surface area contributed by atoms with Crippen LogP contribution in [0.5, 0.6) is 0 Å². The normalized spacial score (nSPS) is 22.7. The summed E-state index contributed by atoms with van der Waals surface area (Å²) < 4.78 is 2.13. The molecule has 3 nitrogen and oxygen atoms in total. The second-order valence-corrected chi connectivity index (χ2v) is 6.57. The van der Waals surface area contributed by atoms with Crippen LogP contribution in [-0.4, -0.2) is 22.9 Å². The van der Waals surface area contributed by atoms with Crippen molar-refractivity contribution in [1.29, 1.82) is 0 Å². The Bertz CT molecular complexity index is 441. The maximum absolute atomic E-state index is 6.58. The first-order valence-electron chi connectivity index (χ1n) is 8.65. The van der Waals surface area contributed by atoms with Crippen molar-refractivity contribution in [3.8, 4) is 0 Å². The number of hydrogen-bond acceptors (Lipinski definition) is 2. The molecule has 1 aliphatic carbocycles. The van der Waals surface area contributed by atoms with Crippen molar-refractivity contribution >= 4 is 11.6 Å². The minimum Gasteiger partial charge on any atom is -0.317 e. The van der Waals surface area contributed by atoms with Gasteiger partial charge in [0.25, 0.3) is 0 Å². The van der Waals surface area contributed by atoms with E-state index in [1.54, 1.807) is 0 Å². The lowest BCUT2D eigenvalue weighted by atomic mass is 9.76. The fraction of sp³-hybridized carbons (Fsp3) is 0.824. The van der Waals surface area contributed by atoms with Crippen molar-refractivity contribution in [2.24, 2.45) is 11.8 Å². The molecule has 0 amide bonds. The molecule has 0 bridgehead atoms. The summed E-state index contributed by atoms with van der Waals surface area (Å²) in [5.41, 5.74) is 2.33. The van der Waals surface area contributed by atoms with Crippen molar-refractivity contribution in [2.75, 3.05) is 13.1 Å². The van der Waals surface area contributed by atoms with Crippen molar-refractivity contribution in [1.82, 2.24) is 15.1 Å². The monoisotopic (exact) mass is 311 g/mol. The standard InChI is InChI=1S/C17H30ClN3/c1-4-15-17(18)16(21(6-3)20-15)11-13-9-7-8-10-14(13)12-19-5-2/h13-14,19H,4-12H2,1-3H3. The zero-order chi connectivity index (χ0) is 15.2. The lowest BCUT2D eigenvalue weighted by Crippen LogP contribution is -2.32. The van der Waals surface area contributed by atoms with Gasteiger partial charge in [0, 0.05) is 6.54 Å². The number of nitrogens with one attached hydrogen (secondary N) is 1. The topological polar surface area (TPSA) is 29.9 Å². The van der Waals surface area contributed by atoms with E-state index in [2.05, 4.69) is 35.9 Å². The Morgan fingerprint density at radius 3 is 2.52 bits per heavy atom. The highest BCUT2D eigenvalue weighted by molar-refractivity contribution is 6.31. The smallest absolute Gasteiger partial charge is 0.0849 e. The molecule has 0 aliphatic heterocycles. The van der Waals surface area contributed by atoms with E-state index in [4.69, 9.17) is 11.6 Å². The van der Waals surface area contributed by atoms with E-state index in [1.165, 1.54) is 31.4 Å². The molecule has 2 unspecified atom stereocenters. The van der Waals surface area contributed by atoms with Gasteiger partial charge in [-0.15, -0.1) is 0 Å². The van der Waals surface area contributed by atoms with Crippen molar-refractivity contribution in [3.05, 3.63) is 16.4 Å². The molecule has 2 rings (SSSR count). The number of hydrogen-bond donors (Lipinski definition) is 1. The molecule has 4 heteroatoms. The largest absolute Gasteiger partial charge is 0.317 e. The number of aryl methyl sites for hydroxylation is 2. The highest BCUT2D eigenvalue weighted by atomic mass is 35.5. The van der Waals surface area contributed by atoms with E-state index in [1.807, 2.05) is 0 Å². The lowest BCUT2D eigenvalue weighted by Gasteiger charge is -2.32. The van der Waals surface area contributed by atoms with Gasteiger partial charge in [-0.05, 0) is 57.5 Å². The first-order chi connectivity index (χ1) is 10.2. The minimum absolute atomic E-state index is 0.752. The quantitative estimate of drug-likeness (QED) is 0.822. The molecule has 0 saturated heterocycles. The maximum Gasteiger partial charge on any atom is 0.0849 e. The first-order valence-corrected chi connectivity index (χ1v) is 9.03. The Morgan fingerprint density at radius 1 is 1.19 bits per heavy atom. The molecule has 1 aliphatic rings. The molecule has 120 valence electrons. The zero-order valence-corrected chi connectivity index (χ0v) is 14.5. The van der Waals surface area contributed by atoms with Gasteiger partial charge in [0.1, 0.15) is 0 Å². The second kappa shape index (κ2) is 8.19.